The van der Waals surface area contributed by atoms with E-state index in [2.05, 4.69) is 116 Å². The maximum atomic E-state index is 2.36. The average molecular weight is 360 g/mol. The van der Waals surface area contributed by atoms with Crippen LogP contribution in [0.3, 0.4) is 0 Å². The summed E-state index contributed by atoms with van der Waals surface area (Å²) in [6, 6.07) is 32.8. The number of benzene rings is 4. The molecule has 5 aromatic rings. The molecule has 0 N–H and O–H groups in total. The van der Waals surface area contributed by atoms with E-state index in [0.29, 0.717) is 0 Å². The molecular formula is C27H22N+. The minimum absolute atomic E-state index is 1.23. The van der Waals surface area contributed by atoms with E-state index in [1.54, 1.807) is 0 Å². The number of rotatable bonds is 2. The maximum Gasteiger partial charge on any atom is 0.212 e. The van der Waals surface area contributed by atoms with Crippen LogP contribution in [0.4, 0.5) is 0 Å². The summed E-state index contributed by atoms with van der Waals surface area (Å²) in [5.74, 6) is 0. The number of fused-ring (bicyclic) bond motifs is 2. The zero-order valence-electron chi connectivity index (χ0n) is 16.2. The highest BCUT2D eigenvalue weighted by molar-refractivity contribution is 6.03. The van der Waals surface area contributed by atoms with Crippen LogP contribution in [0.1, 0.15) is 5.56 Å². The van der Waals surface area contributed by atoms with E-state index in [-0.39, 0.29) is 0 Å². The maximum absolute atomic E-state index is 2.36. The molecular weight excluding hydrogens is 338 g/mol. The van der Waals surface area contributed by atoms with Gasteiger partial charge in [0.25, 0.3) is 0 Å². The quantitative estimate of drug-likeness (QED) is 0.318. The summed E-state index contributed by atoms with van der Waals surface area (Å²) < 4.78 is 2.20. The van der Waals surface area contributed by atoms with Crippen molar-refractivity contribution in [3.05, 3.63) is 103 Å². The molecule has 5 rings (SSSR count). The van der Waals surface area contributed by atoms with E-state index in [9.17, 15) is 0 Å². The topological polar surface area (TPSA) is 3.88 Å². The SMILES string of the molecule is Cc1c(-c2cccc[n+]2C)cc(-c2ccc3ccccc3c2)c2ccccc12. The number of aryl methyl sites for hydroxylation is 2. The van der Waals surface area contributed by atoms with Gasteiger partial charge in [-0.25, -0.2) is 4.57 Å². The van der Waals surface area contributed by atoms with Crippen molar-refractivity contribution in [2.24, 2.45) is 7.05 Å². The van der Waals surface area contributed by atoms with Crippen LogP contribution in [-0.4, -0.2) is 0 Å². The normalized spacial score (nSPS) is 11.2. The van der Waals surface area contributed by atoms with Gasteiger partial charge < -0.3 is 0 Å². The van der Waals surface area contributed by atoms with Crippen molar-refractivity contribution >= 4 is 21.5 Å². The Kier molecular flexibility index (Phi) is 3.95. The van der Waals surface area contributed by atoms with E-state index >= 15 is 0 Å². The summed E-state index contributed by atoms with van der Waals surface area (Å²) in [5, 5.41) is 5.17. The zero-order chi connectivity index (χ0) is 19.1. The van der Waals surface area contributed by atoms with Crippen LogP contribution in [0, 0.1) is 6.92 Å². The van der Waals surface area contributed by atoms with Gasteiger partial charge in [-0.1, -0.05) is 60.7 Å². The van der Waals surface area contributed by atoms with Gasteiger partial charge in [0.2, 0.25) is 5.69 Å². The Morgan fingerprint density at radius 1 is 0.607 bits per heavy atom. The Labute approximate surface area is 165 Å². The fourth-order valence-corrected chi connectivity index (χ4v) is 4.19. The molecule has 0 atom stereocenters. The van der Waals surface area contributed by atoms with Crippen LogP contribution in [0.2, 0.25) is 0 Å². The van der Waals surface area contributed by atoms with Crippen LogP contribution in [-0.2, 0) is 7.05 Å². The van der Waals surface area contributed by atoms with Gasteiger partial charge in [-0.15, -0.1) is 0 Å². The molecule has 0 fully saturated rings. The molecule has 4 aromatic carbocycles. The summed E-state index contributed by atoms with van der Waals surface area (Å²) in [4.78, 5) is 0. The molecule has 0 radical (unpaired) electrons. The third kappa shape index (κ3) is 2.68. The number of nitrogens with zero attached hydrogens (tertiary/aromatic N) is 1. The number of pyridine rings is 1. The Morgan fingerprint density at radius 2 is 1.32 bits per heavy atom. The lowest BCUT2D eigenvalue weighted by Crippen LogP contribution is -2.30. The summed E-state index contributed by atoms with van der Waals surface area (Å²) >= 11 is 0. The molecule has 0 spiro atoms. The van der Waals surface area contributed by atoms with E-state index in [1.165, 1.54) is 49.5 Å². The highest BCUT2D eigenvalue weighted by Gasteiger charge is 2.17. The molecule has 134 valence electrons. The second kappa shape index (κ2) is 6.61. The van der Waals surface area contributed by atoms with E-state index in [4.69, 9.17) is 0 Å². The van der Waals surface area contributed by atoms with Gasteiger partial charge in [0, 0.05) is 12.1 Å². The second-order valence-electron chi connectivity index (χ2n) is 7.40. The molecule has 0 bridgehead atoms. The first-order valence-corrected chi connectivity index (χ1v) is 9.69. The van der Waals surface area contributed by atoms with Crippen molar-refractivity contribution < 1.29 is 4.57 Å². The lowest BCUT2D eigenvalue weighted by molar-refractivity contribution is -0.660. The number of aromatic nitrogens is 1. The predicted molar refractivity (Wildman–Crippen MR) is 118 cm³/mol. The molecule has 0 aliphatic rings. The standard InChI is InChI=1S/C27H22N/c1-19-23-11-5-6-12-24(23)26(18-25(19)27-13-7-8-16-28(27)2)22-15-14-20-9-3-4-10-21(20)17-22/h3-18H,1-2H3/q+1. The Hall–Kier alpha value is -3.45. The van der Waals surface area contributed by atoms with Crippen LogP contribution in [0.15, 0.2) is 97.2 Å². The monoisotopic (exact) mass is 360 g/mol. The number of hydrogen-bond donors (Lipinski definition) is 0. The van der Waals surface area contributed by atoms with Crippen molar-refractivity contribution in [1.82, 2.24) is 0 Å². The fraction of sp³-hybridized carbons (Fsp3) is 0.0741. The minimum atomic E-state index is 1.23. The molecule has 1 heteroatoms. The van der Waals surface area contributed by atoms with Gasteiger partial charge in [0.15, 0.2) is 6.20 Å². The smallest absolute Gasteiger partial charge is 0.201 e. The second-order valence-corrected chi connectivity index (χ2v) is 7.40. The molecule has 0 amide bonds. The van der Waals surface area contributed by atoms with Gasteiger partial charge >= 0.3 is 0 Å². The molecule has 1 aromatic heterocycles. The highest BCUT2D eigenvalue weighted by atomic mass is 14.9. The largest absolute Gasteiger partial charge is 0.212 e. The van der Waals surface area contributed by atoms with Crippen LogP contribution >= 0.6 is 0 Å². The summed E-state index contributed by atoms with van der Waals surface area (Å²) in [6.45, 7) is 2.23. The van der Waals surface area contributed by atoms with Crippen molar-refractivity contribution in [1.29, 1.82) is 0 Å². The van der Waals surface area contributed by atoms with Gasteiger partial charge in [-0.3, -0.25) is 0 Å². The van der Waals surface area contributed by atoms with Crippen LogP contribution in [0.25, 0.3) is 43.9 Å². The Morgan fingerprint density at radius 3 is 2.14 bits per heavy atom. The number of hydrogen-bond acceptors (Lipinski definition) is 0. The van der Waals surface area contributed by atoms with Gasteiger partial charge in [0.1, 0.15) is 7.05 Å². The summed E-state index contributed by atoms with van der Waals surface area (Å²) in [6.07, 6.45) is 2.11. The molecule has 28 heavy (non-hydrogen) atoms. The van der Waals surface area contributed by atoms with E-state index in [0.717, 1.165) is 0 Å². The summed E-state index contributed by atoms with van der Waals surface area (Å²) in [7, 11) is 2.11. The first kappa shape index (κ1) is 16.7. The van der Waals surface area contributed by atoms with Crippen molar-refractivity contribution in [2.45, 2.75) is 6.92 Å². The molecule has 1 nitrogen and oxygen atoms in total. The molecule has 1 heterocycles. The molecule has 0 saturated carbocycles. The first-order chi connectivity index (χ1) is 13.7. The van der Waals surface area contributed by atoms with E-state index in [1.807, 2.05) is 0 Å². The minimum Gasteiger partial charge on any atom is -0.201 e. The van der Waals surface area contributed by atoms with Crippen molar-refractivity contribution in [2.75, 3.05) is 0 Å². The highest BCUT2D eigenvalue weighted by Crippen LogP contribution is 2.37. The third-order valence-electron chi connectivity index (χ3n) is 5.71. The van der Waals surface area contributed by atoms with Crippen molar-refractivity contribution in [3.63, 3.8) is 0 Å². The average Bonchev–Trinajstić information content (AvgIpc) is 2.75. The lowest BCUT2D eigenvalue weighted by atomic mass is 9.89. The molecule has 0 aliphatic carbocycles. The molecule has 0 unspecified atom stereocenters. The Balaban J connectivity index is 1.85. The molecule has 0 saturated heterocycles. The lowest BCUT2D eigenvalue weighted by Gasteiger charge is -2.14. The first-order valence-electron chi connectivity index (χ1n) is 9.69. The van der Waals surface area contributed by atoms with Gasteiger partial charge in [0.05, 0.1) is 5.56 Å². The fourth-order valence-electron chi connectivity index (χ4n) is 4.19. The Bertz CT molecular complexity index is 1330. The van der Waals surface area contributed by atoms with Crippen LogP contribution < -0.4 is 4.57 Å². The van der Waals surface area contributed by atoms with Crippen molar-refractivity contribution in [3.8, 4) is 22.4 Å². The van der Waals surface area contributed by atoms with Crippen LogP contribution in [0.5, 0.6) is 0 Å². The predicted octanol–water partition coefficient (Wildman–Crippen LogP) is 6.46. The van der Waals surface area contributed by atoms with Gasteiger partial charge in [-0.05, 0) is 63.4 Å². The van der Waals surface area contributed by atoms with Gasteiger partial charge in [-0.2, -0.15) is 0 Å². The van der Waals surface area contributed by atoms with E-state index < -0.39 is 0 Å². The summed E-state index contributed by atoms with van der Waals surface area (Å²) in [5.41, 5.74) is 6.38. The third-order valence-corrected chi connectivity index (χ3v) is 5.71. The molecule has 0 aliphatic heterocycles. The zero-order valence-corrected chi connectivity index (χ0v) is 16.2.